The molecule has 228 valence electrons. The second-order valence-electron chi connectivity index (χ2n) is 11.5. The SMILES string of the molecule is O=C(c1cccs1)N(CC1C2CN(S(=O)(=O)c3ccc(-c4ccc(F)cc4)cc3)CC12)c1ccc(N2CCOCC2)c(F)c1. The fourth-order valence-corrected chi connectivity index (χ4v) is 8.65. The zero-order valence-corrected chi connectivity index (χ0v) is 25.4. The van der Waals surface area contributed by atoms with Crippen LogP contribution < -0.4 is 9.80 Å². The average Bonchev–Trinajstić information content (AvgIpc) is 3.42. The molecule has 7 nitrogen and oxygen atoms in total. The van der Waals surface area contributed by atoms with Crippen molar-refractivity contribution in [2.45, 2.75) is 4.90 Å². The van der Waals surface area contributed by atoms with E-state index >= 15 is 4.39 Å². The Hall–Kier alpha value is -3.64. The predicted octanol–water partition coefficient (Wildman–Crippen LogP) is 5.74. The number of hydrogen-bond donors (Lipinski definition) is 0. The number of sulfonamides is 1. The third-order valence-electron chi connectivity index (χ3n) is 8.97. The first-order valence-corrected chi connectivity index (χ1v) is 17.0. The zero-order valence-electron chi connectivity index (χ0n) is 23.8. The molecule has 1 aliphatic carbocycles. The highest BCUT2D eigenvalue weighted by Crippen LogP contribution is 2.53. The molecule has 3 aromatic carbocycles. The van der Waals surface area contributed by atoms with E-state index in [9.17, 15) is 17.6 Å². The van der Waals surface area contributed by atoms with Crippen LogP contribution in [0.25, 0.3) is 11.1 Å². The standard InChI is InChI=1S/C33H31F2N3O4S2/c34-24-7-3-22(4-8-24)23-5-10-26(11-6-23)44(40,41)37-19-27-28(20-37)29(27)21-38(33(39)32-2-1-17-43-32)25-9-12-31(30(35)18-25)36-13-15-42-16-14-36/h1-12,17-18,27-29H,13-16,19-21H2. The third kappa shape index (κ3) is 5.53. The van der Waals surface area contributed by atoms with E-state index in [-0.39, 0.29) is 40.2 Å². The highest BCUT2D eigenvalue weighted by Gasteiger charge is 2.58. The van der Waals surface area contributed by atoms with Gasteiger partial charge in [0, 0.05) is 38.4 Å². The summed E-state index contributed by atoms with van der Waals surface area (Å²) in [5.74, 6) is -0.528. The van der Waals surface area contributed by atoms with Crippen LogP contribution in [-0.4, -0.2) is 64.6 Å². The molecule has 0 bridgehead atoms. The van der Waals surface area contributed by atoms with Crippen molar-refractivity contribution in [3.05, 3.63) is 101 Å². The monoisotopic (exact) mass is 635 g/mol. The number of carbonyl (C=O) groups is 1. The molecule has 0 spiro atoms. The van der Waals surface area contributed by atoms with Crippen LogP contribution in [0.15, 0.2) is 89.1 Å². The lowest BCUT2D eigenvalue weighted by molar-refractivity contribution is 0.0988. The van der Waals surface area contributed by atoms with Gasteiger partial charge >= 0.3 is 0 Å². The van der Waals surface area contributed by atoms with E-state index in [0.717, 1.165) is 11.1 Å². The van der Waals surface area contributed by atoms with Crippen molar-refractivity contribution in [1.29, 1.82) is 0 Å². The predicted molar refractivity (Wildman–Crippen MR) is 166 cm³/mol. The Labute approximate surface area is 259 Å². The molecule has 2 unspecified atom stereocenters. The largest absolute Gasteiger partial charge is 0.378 e. The van der Waals surface area contributed by atoms with Crippen LogP contribution in [0.2, 0.25) is 0 Å². The molecule has 2 atom stereocenters. The number of piperidine rings is 1. The van der Waals surface area contributed by atoms with E-state index in [4.69, 9.17) is 4.74 Å². The van der Waals surface area contributed by atoms with Crippen molar-refractivity contribution in [1.82, 2.24) is 4.31 Å². The summed E-state index contributed by atoms with van der Waals surface area (Å²) < 4.78 is 62.5. The number of nitrogens with zero attached hydrogens (tertiary/aromatic N) is 3. The number of morpholine rings is 1. The van der Waals surface area contributed by atoms with Gasteiger partial charge in [0.15, 0.2) is 0 Å². The van der Waals surface area contributed by atoms with Gasteiger partial charge in [0.2, 0.25) is 10.0 Å². The van der Waals surface area contributed by atoms with Crippen molar-refractivity contribution >= 4 is 38.6 Å². The fraction of sp³-hybridized carbons (Fsp3) is 0.303. The van der Waals surface area contributed by atoms with E-state index < -0.39 is 10.0 Å². The number of thiophene rings is 1. The quantitative estimate of drug-likeness (QED) is 0.247. The molecule has 4 aromatic rings. The van der Waals surface area contributed by atoms with E-state index in [0.29, 0.717) is 62.2 Å². The Morgan fingerprint density at radius 3 is 2.18 bits per heavy atom. The summed E-state index contributed by atoms with van der Waals surface area (Å²) in [5.41, 5.74) is 2.60. The molecular weight excluding hydrogens is 605 g/mol. The molecule has 7 rings (SSSR count). The van der Waals surface area contributed by atoms with Crippen molar-refractivity contribution < 1.29 is 26.7 Å². The number of fused-ring (bicyclic) bond motifs is 1. The fourth-order valence-electron chi connectivity index (χ4n) is 6.46. The van der Waals surface area contributed by atoms with Gasteiger partial charge in [-0.3, -0.25) is 4.79 Å². The minimum absolute atomic E-state index is 0.119. The lowest BCUT2D eigenvalue weighted by atomic mass is 10.1. The van der Waals surface area contributed by atoms with Gasteiger partial charge in [-0.1, -0.05) is 30.3 Å². The lowest BCUT2D eigenvalue weighted by Gasteiger charge is -2.30. The van der Waals surface area contributed by atoms with Gasteiger partial charge in [0.25, 0.3) is 5.91 Å². The Balaban J connectivity index is 1.05. The van der Waals surface area contributed by atoms with Crippen LogP contribution in [-0.2, 0) is 14.8 Å². The van der Waals surface area contributed by atoms with E-state index in [1.807, 2.05) is 16.3 Å². The summed E-state index contributed by atoms with van der Waals surface area (Å²) in [6, 6.07) is 21.3. The number of ether oxygens (including phenoxy) is 1. The molecule has 1 amide bonds. The highest BCUT2D eigenvalue weighted by molar-refractivity contribution is 7.89. The summed E-state index contributed by atoms with van der Waals surface area (Å²) in [5, 5.41) is 1.84. The first kappa shape index (κ1) is 29.1. The van der Waals surface area contributed by atoms with Gasteiger partial charge in [0.1, 0.15) is 11.6 Å². The molecular formula is C33H31F2N3O4S2. The molecule has 0 radical (unpaired) electrons. The van der Waals surface area contributed by atoms with Gasteiger partial charge in [-0.25, -0.2) is 17.2 Å². The maximum absolute atomic E-state index is 15.4. The maximum Gasteiger partial charge on any atom is 0.268 e. The molecule has 3 aliphatic rings. The van der Waals surface area contributed by atoms with Crippen LogP contribution in [0.1, 0.15) is 9.67 Å². The van der Waals surface area contributed by atoms with Crippen molar-refractivity contribution in [3.63, 3.8) is 0 Å². The Bertz CT molecular complexity index is 1750. The second kappa shape index (κ2) is 11.7. The number of rotatable bonds is 8. The normalized spacial score (nSPS) is 21.7. The van der Waals surface area contributed by atoms with Crippen LogP contribution >= 0.6 is 11.3 Å². The smallest absolute Gasteiger partial charge is 0.268 e. The second-order valence-corrected chi connectivity index (χ2v) is 14.4. The first-order valence-electron chi connectivity index (χ1n) is 14.6. The third-order valence-corrected chi connectivity index (χ3v) is 11.7. The number of anilines is 2. The Kier molecular flexibility index (Phi) is 7.74. The Morgan fingerprint density at radius 2 is 1.57 bits per heavy atom. The molecule has 11 heteroatoms. The van der Waals surface area contributed by atoms with Crippen LogP contribution in [0.3, 0.4) is 0 Å². The maximum atomic E-state index is 15.4. The zero-order chi connectivity index (χ0) is 30.4. The minimum Gasteiger partial charge on any atom is -0.378 e. The number of halogens is 2. The topological polar surface area (TPSA) is 70.2 Å². The number of carbonyl (C=O) groups excluding carboxylic acids is 1. The summed E-state index contributed by atoms with van der Waals surface area (Å²) in [6.07, 6.45) is 0. The number of amides is 1. The van der Waals surface area contributed by atoms with Crippen LogP contribution in [0.4, 0.5) is 20.2 Å². The van der Waals surface area contributed by atoms with E-state index in [1.54, 1.807) is 59.5 Å². The molecule has 3 heterocycles. The van der Waals surface area contributed by atoms with Gasteiger partial charge in [0.05, 0.1) is 28.7 Å². The highest BCUT2D eigenvalue weighted by atomic mass is 32.2. The molecule has 3 fully saturated rings. The van der Waals surface area contributed by atoms with Crippen LogP contribution in [0.5, 0.6) is 0 Å². The Morgan fingerprint density at radius 1 is 0.909 bits per heavy atom. The summed E-state index contributed by atoms with van der Waals surface area (Å²) in [6.45, 7) is 3.45. The van der Waals surface area contributed by atoms with E-state index in [2.05, 4.69) is 0 Å². The van der Waals surface area contributed by atoms with Crippen molar-refractivity contribution in [2.75, 3.05) is 55.7 Å². The minimum atomic E-state index is -3.69. The molecule has 2 saturated heterocycles. The lowest BCUT2D eigenvalue weighted by Crippen LogP contribution is -2.37. The summed E-state index contributed by atoms with van der Waals surface area (Å²) in [4.78, 5) is 18.0. The van der Waals surface area contributed by atoms with Crippen molar-refractivity contribution in [3.8, 4) is 11.1 Å². The van der Waals surface area contributed by atoms with Gasteiger partial charge < -0.3 is 14.5 Å². The van der Waals surface area contributed by atoms with Crippen LogP contribution in [0, 0.1) is 29.4 Å². The molecule has 1 aromatic heterocycles. The summed E-state index contributed by atoms with van der Waals surface area (Å²) in [7, 11) is -3.69. The molecule has 0 N–H and O–H groups in total. The number of hydrogen-bond acceptors (Lipinski definition) is 6. The molecule has 2 aliphatic heterocycles. The van der Waals surface area contributed by atoms with Gasteiger partial charge in [-0.15, -0.1) is 11.3 Å². The average molecular weight is 636 g/mol. The molecule has 1 saturated carbocycles. The molecule has 44 heavy (non-hydrogen) atoms. The van der Waals surface area contributed by atoms with Gasteiger partial charge in [-0.05, 0) is 82.8 Å². The first-order chi connectivity index (χ1) is 21.3. The number of benzene rings is 3. The summed E-state index contributed by atoms with van der Waals surface area (Å²) >= 11 is 1.34. The van der Waals surface area contributed by atoms with Crippen molar-refractivity contribution in [2.24, 2.45) is 17.8 Å². The van der Waals surface area contributed by atoms with Gasteiger partial charge in [-0.2, -0.15) is 4.31 Å². The van der Waals surface area contributed by atoms with E-state index in [1.165, 1.54) is 33.8 Å².